The first-order chi connectivity index (χ1) is 8.50. The number of sulfonamides is 1. The smallest absolute Gasteiger partial charge is 0.241 e. The molecule has 0 amide bonds. The van der Waals surface area contributed by atoms with Crippen molar-refractivity contribution in [2.24, 2.45) is 0 Å². The lowest BCUT2D eigenvalue weighted by Gasteiger charge is -2.24. The van der Waals surface area contributed by atoms with Gasteiger partial charge in [-0.3, -0.25) is 0 Å². The van der Waals surface area contributed by atoms with Gasteiger partial charge in [-0.15, -0.1) is 12.4 Å². The SMILES string of the molecule is Cc1c(Cl)cccc1S(=O)(=O)N[C@@H]1CCCNC1.Cl. The molecule has 1 aromatic carbocycles. The minimum Gasteiger partial charge on any atom is -0.315 e. The number of benzene rings is 1. The second-order valence-corrected chi connectivity index (χ2v) is 6.62. The minimum absolute atomic E-state index is 0. The van der Waals surface area contributed by atoms with Crippen molar-refractivity contribution in [3.8, 4) is 0 Å². The Morgan fingerprint density at radius 1 is 1.42 bits per heavy atom. The van der Waals surface area contributed by atoms with Gasteiger partial charge in [-0.2, -0.15) is 0 Å². The highest BCUT2D eigenvalue weighted by atomic mass is 35.5. The van der Waals surface area contributed by atoms with Gasteiger partial charge < -0.3 is 5.32 Å². The monoisotopic (exact) mass is 324 g/mol. The van der Waals surface area contributed by atoms with Crippen LogP contribution in [0.1, 0.15) is 18.4 Å². The third-order valence-electron chi connectivity index (χ3n) is 3.13. The summed E-state index contributed by atoms with van der Waals surface area (Å²) in [6.45, 7) is 3.35. The van der Waals surface area contributed by atoms with Gasteiger partial charge in [-0.1, -0.05) is 17.7 Å². The van der Waals surface area contributed by atoms with E-state index < -0.39 is 10.0 Å². The van der Waals surface area contributed by atoms with Crippen LogP contribution in [0, 0.1) is 6.92 Å². The Labute approximate surface area is 125 Å². The summed E-state index contributed by atoms with van der Waals surface area (Å²) in [5, 5.41) is 3.65. The molecule has 0 spiro atoms. The zero-order valence-electron chi connectivity index (χ0n) is 10.6. The third kappa shape index (κ3) is 4.07. The first kappa shape index (κ1) is 16.7. The van der Waals surface area contributed by atoms with Crippen molar-refractivity contribution in [1.82, 2.24) is 10.0 Å². The summed E-state index contributed by atoms with van der Waals surface area (Å²) < 4.78 is 27.3. The highest BCUT2D eigenvalue weighted by Gasteiger charge is 2.23. The van der Waals surface area contributed by atoms with Gasteiger partial charge in [-0.05, 0) is 44.0 Å². The fourth-order valence-electron chi connectivity index (χ4n) is 2.11. The van der Waals surface area contributed by atoms with E-state index in [0.717, 1.165) is 19.4 Å². The molecule has 1 fully saturated rings. The van der Waals surface area contributed by atoms with Crippen molar-refractivity contribution in [1.29, 1.82) is 0 Å². The first-order valence-electron chi connectivity index (χ1n) is 5.99. The Bertz CT molecular complexity index is 529. The van der Waals surface area contributed by atoms with E-state index in [0.29, 0.717) is 17.1 Å². The maximum Gasteiger partial charge on any atom is 0.241 e. The molecule has 7 heteroatoms. The molecular weight excluding hydrogens is 307 g/mol. The van der Waals surface area contributed by atoms with Crippen molar-refractivity contribution in [3.63, 3.8) is 0 Å². The van der Waals surface area contributed by atoms with E-state index in [4.69, 9.17) is 11.6 Å². The Hall–Kier alpha value is -0.330. The fourth-order valence-corrected chi connectivity index (χ4v) is 3.88. The Balaban J connectivity index is 0.00000180. The molecule has 1 aliphatic heterocycles. The van der Waals surface area contributed by atoms with Gasteiger partial charge in [0.15, 0.2) is 0 Å². The van der Waals surface area contributed by atoms with Crippen molar-refractivity contribution >= 4 is 34.0 Å². The van der Waals surface area contributed by atoms with Crippen molar-refractivity contribution < 1.29 is 8.42 Å². The zero-order valence-corrected chi connectivity index (χ0v) is 13.0. The van der Waals surface area contributed by atoms with Crippen molar-refractivity contribution in [3.05, 3.63) is 28.8 Å². The van der Waals surface area contributed by atoms with Crippen LogP contribution in [0.2, 0.25) is 5.02 Å². The summed E-state index contributed by atoms with van der Waals surface area (Å²) in [5.41, 5.74) is 0.593. The van der Waals surface area contributed by atoms with E-state index in [1.807, 2.05) is 0 Å². The number of hydrogen-bond donors (Lipinski definition) is 2. The molecule has 2 rings (SSSR count). The second-order valence-electron chi connectivity index (χ2n) is 4.53. The second kappa shape index (κ2) is 6.90. The van der Waals surface area contributed by atoms with E-state index in [1.165, 1.54) is 0 Å². The molecule has 1 atom stereocenters. The number of halogens is 2. The van der Waals surface area contributed by atoms with Gasteiger partial charge in [0.2, 0.25) is 10.0 Å². The van der Waals surface area contributed by atoms with Gasteiger partial charge in [0.1, 0.15) is 0 Å². The summed E-state index contributed by atoms with van der Waals surface area (Å²) in [5.74, 6) is 0. The van der Waals surface area contributed by atoms with E-state index in [1.54, 1.807) is 25.1 Å². The van der Waals surface area contributed by atoms with E-state index >= 15 is 0 Å². The number of rotatable bonds is 3. The van der Waals surface area contributed by atoms with E-state index in [-0.39, 0.29) is 23.3 Å². The largest absolute Gasteiger partial charge is 0.315 e. The van der Waals surface area contributed by atoms with Gasteiger partial charge >= 0.3 is 0 Å². The summed E-state index contributed by atoms with van der Waals surface area (Å²) in [6, 6.07) is 4.89. The molecular formula is C12H18Cl2N2O2S. The lowest BCUT2D eigenvalue weighted by Crippen LogP contribution is -2.45. The number of piperidine rings is 1. The molecule has 1 heterocycles. The fraction of sp³-hybridized carbons (Fsp3) is 0.500. The molecule has 2 N–H and O–H groups in total. The number of nitrogens with one attached hydrogen (secondary N) is 2. The topological polar surface area (TPSA) is 58.2 Å². The van der Waals surface area contributed by atoms with Crippen LogP contribution in [0.4, 0.5) is 0 Å². The third-order valence-corrected chi connectivity index (χ3v) is 5.20. The Morgan fingerprint density at radius 3 is 2.79 bits per heavy atom. The lowest BCUT2D eigenvalue weighted by molar-refractivity contribution is 0.428. The van der Waals surface area contributed by atoms with Crippen LogP contribution in [0.25, 0.3) is 0 Å². The molecule has 0 aliphatic carbocycles. The molecule has 0 unspecified atom stereocenters. The highest BCUT2D eigenvalue weighted by Crippen LogP contribution is 2.23. The Kier molecular flexibility index (Phi) is 6.08. The first-order valence-corrected chi connectivity index (χ1v) is 7.85. The van der Waals surface area contributed by atoms with Crippen LogP contribution >= 0.6 is 24.0 Å². The van der Waals surface area contributed by atoms with Crippen LogP contribution in [-0.2, 0) is 10.0 Å². The highest BCUT2D eigenvalue weighted by molar-refractivity contribution is 7.89. The standard InChI is InChI=1S/C12H17ClN2O2S.ClH/c1-9-11(13)5-2-6-12(9)18(16,17)15-10-4-3-7-14-8-10;/h2,5-6,10,14-15H,3-4,7-8H2,1H3;1H/t10-;/m1./s1. The van der Waals surface area contributed by atoms with Crippen LogP contribution in [0.15, 0.2) is 23.1 Å². The molecule has 0 saturated carbocycles. The molecule has 19 heavy (non-hydrogen) atoms. The van der Waals surface area contributed by atoms with Crippen LogP contribution in [0.5, 0.6) is 0 Å². The van der Waals surface area contributed by atoms with Crippen molar-refractivity contribution in [2.45, 2.75) is 30.7 Å². The maximum atomic E-state index is 12.3. The maximum absolute atomic E-state index is 12.3. The molecule has 0 aromatic heterocycles. The molecule has 0 bridgehead atoms. The molecule has 0 radical (unpaired) electrons. The average Bonchev–Trinajstić information content (AvgIpc) is 2.33. The van der Waals surface area contributed by atoms with Gasteiger partial charge in [0.25, 0.3) is 0 Å². The molecule has 1 aliphatic rings. The average molecular weight is 325 g/mol. The predicted molar refractivity (Wildman–Crippen MR) is 79.7 cm³/mol. The van der Waals surface area contributed by atoms with Gasteiger partial charge in [0, 0.05) is 17.6 Å². The molecule has 4 nitrogen and oxygen atoms in total. The quantitative estimate of drug-likeness (QED) is 0.895. The molecule has 1 saturated heterocycles. The summed E-state index contributed by atoms with van der Waals surface area (Å²) in [4.78, 5) is 0.264. The number of hydrogen-bond acceptors (Lipinski definition) is 3. The lowest BCUT2D eigenvalue weighted by atomic mass is 10.1. The normalized spacial score (nSPS) is 19.8. The van der Waals surface area contributed by atoms with Crippen LogP contribution in [0.3, 0.4) is 0 Å². The summed E-state index contributed by atoms with van der Waals surface area (Å²) in [7, 11) is -3.49. The van der Waals surface area contributed by atoms with Gasteiger partial charge in [0.05, 0.1) is 4.90 Å². The van der Waals surface area contributed by atoms with Crippen LogP contribution in [-0.4, -0.2) is 27.5 Å². The van der Waals surface area contributed by atoms with Crippen molar-refractivity contribution in [2.75, 3.05) is 13.1 Å². The summed E-state index contributed by atoms with van der Waals surface area (Å²) >= 11 is 5.96. The van der Waals surface area contributed by atoms with Crippen LogP contribution < -0.4 is 10.0 Å². The van der Waals surface area contributed by atoms with E-state index in [2.05, 4.69) is 10.0 Å². The minimum atomic E-state index is -3.49. The van der Waals surface area contributed by atoms with E-state index in [9.17, 15) is 8.42 Å². The summed E-state index contributed by atoms with van der Waals surface area (Å²) in [6.07, 6.45) is 1.85. The Morgan fingerprint density at radius 2 is 2.16 bits per heavy atom. The van der Waals surface area contributed by atoms with Gasteiger partial charge in [-0.25, -0.2) is 13.1 Å². The molecule has 1 aromatic rings. The molecule has 108 valence electrons. The predicted octanol–water partition coefficient (Wildman–Crippen LogP) is 2.10. The zero-order chi connectivity index (χ0) is 13.2.